The topological polar surface area (TPSA) is 15.3 Å². The number of nitrogens with zero attached hydrogens (tertiary/aromatic N) is 1. The summed E-state index contributed by atoms with van der Waals surface area (Å²) in [6, 6.07) is 1.54. The Labute approximate surface area is 114 Å². The maximum Gasteiger partial charge on any atom is 0.0192 e. The summed E-state index contributed by atoms with van der Waals surface area (Å²) in [5, 5.41) is 3.80. The first-order chi connectivity index (χ1) is 8.79. The number of hydrogen-bond acceptors (Lipinski definition) is 2. The van der Waals surface area contributed by atoms with Gasteiger partial charge in [0, 0.05) is 18.6 Å². The highest BCUT2D eigenvalue weighted by Gasteiger charge is 2.22. The third-order valence-electron chi connectivity index (χ3n) is 5.16. The van der Waals surface area contributed by atoms with Crippen LogP contribution in [0.2, 0.25) is 0 Å². The smallest absolute Gasteiger partial charge is 0.0192 e. The van der Waals surface area contributed by atoms with E-state index in [1.54, 1.807) is 0 Å². The van der Waals surface area contributed by atoms with Crippen molar-refractivity contribution < 1.29 is 0 Å². The monoisotopic (exact) mass is 252 g/mol. The van der Waals surface area contributed by atoms with Crippen molar-refractivity contribution in [2.24, 2.45) is 5.92 Å². The largest absolute Gasteiger partial charge is 0.312 e. The molecule has 1 saturated carbocycles. The van der Waals surface area contributed by atoms with Gasteiger partial charge in [-0.25, -0.2) is 0 Å². The molecule has 2 aliphatic rings. The Bertz CT molecular complexity index is 215. The molecule has 1 heterocycles. The molecule has 0 aromatic rings. The molecule has 1 saturated heterocycles. The van der Waals surface area contributed by atoms with Crippen molar-refractivity contribution in [3.05, 3.63) is 0 Å². The zero-order valence-electron chi connectivity index (χ0n) is 12.5. The summed E-state index contributed by atoms with van der Waals surface area (Å²) < 4.78 is 0. The van der Waals surface area contributed by atoms with Crippen LogP contribution in [0.25, 0.3) is 0 Å². The second-order valence-electron chi connectivity index (χ2n) is 6.48. The lowest BCUT2D eigenvalue weighted by molar-refractivity contribution is 0.134. The predicted octanol–water partition coefficient (Wildman–Crippen LogP) is 3.42. The van der Waals surface area contributed by atoms with Gasteiger partial charge in [-0.05, 0) is 51.6 Å². The van der Waals surface area contributed by atoms with Crippen LogP contribution >= 0.6 is 0 Å². The second kappa shape index (κ2) is 7.49. The van der Waals surface area contributed by atoms with E-state index in [0.717, 1.165) is 18.0 Å². The third kappa shape index (κ3) is 4.24. The lowest BCUT2D eigenvalue weighted by Crippen LogP contribution is -2.46. The van der Waals surface area contributed by atoms with Crippen molar-refractivity contribution in [3.8, 4) is 0 Å². The molecule has 0 amide bonds. The van der Waals surface area contributed by atoms with Crippen LogP contribution in [-0.2, 0) is 0 Å². The highest BCUT2D eigenvalue weighted by molar-refractivity contribution is 4.79. The van der Waals surface area contributed by atoms with Gasteiger partial charge in [-0.15, -0.1) is 0 Å². The first-order valence-corrected chi connectivity index (χ1v) is 8.27. The van der Waals surface area contributed by atoms with Gasteiger partial charge >= 0.3 is 0 Å². The molecular weight excluding hydrogens is 220 g/mol. The lowest BCUT2D eigenvalue weighted by atomic mass is 9.93. The molecule has 0 aromatic carbocycles. The minimum absolute atomic E-state index is 0.727. The zero-order valence-corrected chi connectivity index (χ0v) is 12.5. The van der Waals surface area contributed by atoms with Crippen LogP contribution in [0.1, 0.15) is 65.2 Å². The normalized spacial score (nSPS) is 26.3. The van der Waals surface area contributed by atoms with Crippen molar-refractivity contribution in [2.45, 2.75) is 77.3 Å². The average Bonchev–Trinajstić information content (AvgIpc) is 2.46. The maximum absolute atomic E-state index is 3.80. The van der Waals surface area contributed by atoms with Gasteiger partial charge in [-0.2, -0.15) is 0 Å². The fourth-order valence-corrected chi connectivity index (χ4v) is 3.57. The van der Waals surface area contributed by atoms with E-state index in [-0.39, 0.29) is 0 Å². The standard InChI is InChI=1S/C16H32N2/c1-3-15-9-11-18(12-10-15)14(2)13-17-16-7-5-4-6-8-16/h14-17H,3-13H2,1-2H3. The van der Waals surface area contributed by atoms with Crippen LogP contribution in [0.4, 0.5) is 0 Å². The van der Waals surface area contributed by atoms with Gasteiger partial charge in [0.2, 0.25) is 0 Å². The molecule has 2 nitrogen and oxygen atoms in total. The molecule has 106 valence electrons. The Hall–Kier alpha value is -0.0800. The molecule has 1 aliphatic heterocycles. The molecule has 1 aliphatic carbocycles. The molecule has 2 heteroatoms. The van der Waals surface area contributed by atoms with Crippen LogP contribution < -0.4 is 5.32 Å². The molecule has 0 spiro atoms. The number of piperidine rings is 1. The third-order valence-corrected chi connectivity index (χ3v) is 5.16. The minimum Gasteiger partial charge on any atom is -0.312 e. The molecule has 0 aromatic heterocycles. The van der Waals surface area contributed by atoms with Gasteiger partial charge in [0.1, 0.15) is 0 Å². The Balaban J connectivity index is 1.63. The van der Waals surface area contributed by atoms with E-state index in [9.17, 15) is 0 Å². The zero-order chi connectivity index (χ0) is 12.8. The summed E-state index contributed by atoms with van der Waals surface area (Å²) >= 11 is 0. The van der Waals surface area contributed by atoms with Crippen LogP contribution in [0, 0.1) is 5.92 Å². The summed E-state index contributed by atoms with van der Waals surface area (Å²) in [6.45, 7) is 8.59. The highest BCUT2D eigenvalue weighted by atomic mass is 15.2. The van der Waals surface area contributed by atoms with Gasteiger partial charge in [0.15, 0.2) is 0 Å². The summed E-state index contributed by atoms with van der Waals surface area (Å²) in [5.74, 6) is 1.000. The molecule has 2 rings (SSSR count). The molecule has 2 fully saturated rings. The Morgan fingerprint density at radius 2 is 1.72 bits per heavy atom. The number of likely N-dealkylation sites (tertiary alicyclic amines) is 1. The molecule has 1 unspecified atom stereocenters. The van der Waals surface area contributed by atoms with E-state index in [4.69, 9.17) is 0 Å². The van der Waals surface area contributed by atoms with E-state index >= 15 is 0 Å². The van der Waals surface area contributed by atoms with Gasteiger partial charge < -0.3 is 5.32 Å². The van der Waals surface area contributed by atoms with Gasteiger partial charge in [0.25, 0.3) is 0 Å². The quantitative estimate of drug-likeness (QED) is 0.806. The Morgan fingerprint density at radius 1 is 1.06 bits per heavy atom. The van der Waals surface area contributed by atoms with Crippen molar-refractivity contribution in [2.75, 3.05) is 19.6 Å². The van der Waals surface area contributed by atoms with Crippen molar-refractivity contribution in [1.29, 1.82) is 0 Å². The van der Waals surface area contributed by atoms with Crippen molar-refractivity contribution >= 4 is 0 Å². The van der Waals surface area contributed by atoms with E-state index in [1.165, 1.54) is 71.0 Å². The second-order valence-corrected chi connectivity index (χ2v) is 6.48. The van der Waals surface area contributed by atoms with E-state index in [0.29, 0.717) is 0 Å². The average molecular weight is 252 g/mol. The SMILES string of the molecule is CCC1CCN(C(C)CNC2CCCCC2)CC1. The molecule has 0 bridgehead atoms. The number of hydrogen-bond donors (Lipinski definition) is 1. The van der Waals surface area contributed by atoms with Crippen molar-refractivity contribution in [1.82, 2.24) is 10.2 Å². The summed E-state index contributed by atoms with van der Waals surface area (Å²) in [6.07, 6.45) is 11.4. The molecule has 18 heavy (non-hydrogen) atoms. The summed E-state index contributed by atoms with van der Waals surface area (Å²) in [5.41, 5.74) is 0. The van der Waals surface area contributed by atoms with Crippen molar-refractivity contribution in [3.63, 3.8) is 0 Å². The minimum atomic E-state index is 0.727. The maximum atomic E-state index is 3.80. The predicted molar refractivity (Wildman–Crippen MR) is 78.9 cm³/mol. The van der Waals surface area contributed by atoms with Crippen LogP contribution in [0.3, 0.4) is 0 Å². The Morgan fingerprint density at radius 3 is 2.33 bits per heavy atom. The van der Waals surface area contributed by atoms with E-state index in [1.807, 2.05) is 0 Å². The van der Waals surface area contributed by atoms with Crippen LogP contribution in [0.5, 0.6) is 0 Å². The van der Waals surface area contributed by atoms with E-state index in [2.05, 4.69) is 24.1 Å². The number of nitrogens with one attached hydrogen (secondary N) is 1. The molecule has 1 atom stereocenters. The Kier molecular flexibility index (Phi) is 5.97. The summed E-state index contributed by atoms with van der Waals surface area (Å²) in [7, 11) is 0. The van der Waals surface area contributed by atoms with Crippen LogP contribution in [0.15, 0.2) is 0 Å². The molecule has 1 N–H and O–H groups in total. The lowest BCUT2D eigenvalue weighted by Gasteiger charge is -2.36. The number of rotatable bonds is 5. The van der Waals surface area contributed by atoms with Crippen LogP contribution in [-0.4, -0.2) is 36.6 Å². The molecular formula is C16H32N2. The fraction of sp³-hybridized carbons (Fsp3) is 1.00. The molecule has 0 radical (unpaired) electrons. The van der Waals surface area contributed by atoms with Gasteiger partial charge in [0.05, 0.1) is 0 Å². The first-order valence-electron chi connectivity index (χ1n) is 8.27. The first kappa shape index (κ1) is 14.3. The van der Waals surface area contributed by atoms with Gasteiger partial charge in [-0.1, -0.05) is 32.6 Å². The van der Waals surface area contributed by atoms with Gasteiger partial charge in [-0.3, -0.25) is 4.90 Å². The highest BCUT2D eigenvalue weighted by Crippen LogP contribution is 2.22. The van der Waals surface area contributed by atoms with E-state index < -0.39 is 0 Å². The fourth-order valence-electron chi connectivity index (χ4n) is 3.57. The summed E-state index contributed by atoms with van der Waals surface area (Å²) in [4.78, 5) is 2.70.